The van der Waals surface area contributed by atoms with Crippen LogP contribution in [0, 0.1) is 0 Å². The number of hydrogen-bond acceptors (Lipinski definition) is 7. The van der Waals surface area contributed by atoms with E-state index in [9.17, 15) is 36.0 Å². The first-order valence-electron chi connectivity index (χ1n) is 8.66. The molecule has 0 aliphatic rings. The number of carbonyl (C=O) groups is 1. The summed E-state index contributed by atoms with van der Waals surface area (Å²) in [7, 11) is -2.87. The molecule has 0 fully saturated rings. The first kappa shape index (κ1) is 22.7. The number of nitrogens with one attached hydrogen (secondary N) is 1. The van der Waals surface area contributed by atoms with Crippen molar-refractivity contribution in [3.05, 3.63) is 56.5 Å². The predicted molar refractivity (Wildman–Crippen MR) is 107 cm³/mol. The van der Waals surface area contributed by atoms with E-state index in [0.717, 1.165) is 18.6 Å². The molecule has 0 saturated carbocycles. The topological polar surface area (TPSA) is 120 Å². The maximum atomic E-state index is 13.0. The summed E-state index contributed by atoms with van der Waals surface area (Å²) >= 11 is 1.00. The molecule has 0 saturated heterocycles. The molecule has 1 amide bonds. The van der Waals surface area contributed by atoms with Gasteiger partial charge in [-0.05, 0) is 36.7 Å². The van der Waals surface area contributed by atoms with Gasteiger partial charge in [-0.1, -0.05) is 0 Å². The van der Waals surface area contributed by atoms with Gasteiger partial charge >= 0.3 is 11.9 Å². The van der Waals surface area contributed by atoms with Crippen LogP contribution in [0.25, 0.3) is 15.8 Å². The number of alkyl halides is 3. The van der Waals surface area contributed by atoms with Crippen molar-refractivity contribution in [2.24, 2.45) is 7.05 Å². The first-order chi connectivity index (χ1) is 14.3. The number of benzene rings is 1. The lowest BCUT2D eigenvalue weighted by Crippen LogP contribution is -2.40. The molecule has 0 spiro atoms. The number of fused-ring (bicyclic) bond motifs is 1. The van der Waals surface area contributed by atoms with Crippen LogP contribution in [0.2, 0.25) is 0 Å². The van der Waals surface area contributed by atoms with E-state index in [0.29, 0.717) is 25.3 Å². The van der Waals surface area contributed by atoms with Crippen LogP contribution < -0.4 is 16.0 Å². The monoisotopic (exact) mass is 476 g/mol. The zero-order valence-electron chi connectivity index (χ0n) is 16.1. The average Bonchev–Trinajstić information content (AvgIpc) is 3.05. The van der Waals surface area contributed by atoms with Gasteiger partial charge < -0.3 is 0 Å². The SMILES string of the molecule is CCS(=O)(=O)NC(=O)Cc1nsc2ccc(-n3c(=O)cc(C(F)(F)F)n(C)c3=O)cc12. The van der Waals surface area contributed by atoms with E-state index < -0.39 is 39.0 Å². The Balaban J connectivity index is 2.08. The number of halogens is 3. The highest BCUT2D eigenvalue weighted by molar-refractivity contribution is 7.90. The van der Waals surface area contributed by atoms with Crippen LogP contribution in [0.1, 0.15) is 18.3 Å². The molecular formula is C17H15F3N4O5S2. The first-order valence-corrected chi connectivity index (χ1v) is 11.1. The van der Waals surface area contributed by atoms with Crippen LogP contribution in [0.15, 0.2) is 33.9 Å². The second kappa shape index (κ2) is 7.92. The highest BCUT2D eigenvalue weighted by Crippen LogP contribution is 2.28. The molecule has 2 aromatic heterocycles. The van der Waals surface area contributed by atoms with E-state index in [1.54, 1.807) is 0 Å². The van der Waals surface area contributed by atoms with E-state index in [4.69, 9.17) is 0 Å². The van der Waals surface area contributed by atoms with E-state index in [1.165, 1.54) is 25.1 Å². The normalized spacial score (nSPS) is 12.3. The van der Waals surface area contributed by atoms with Gasteiger partial charge in [-0.3, -0.25) is 18.9 Å². The number of nitrogens with zero attached hydrogens (tertiary/aromatic N) is 3. The number of amides is 1. The summed E-state index contributed by atoms with van der Waals surface area (Å²) in [6.07, 6.45) is -5.27. The Morgan fingerprint density at radius 3 is 2.52 bits per heavy atom. The summed E-state index contributed by atoms with van der Waals surface area (Å²) in [5.74, 6) is -1.11. The van der Waals surface area contributed by atoms with E-state index in [-0.39, 0.29) is 23.6 Å². The van der Waals surface area contributed by atoms with Crippen LogP contribution >= 0.6 is 11.5 Å². The molecule has 3 rings (SSSR count). The van der Waals surface area contributed by atoms with Gasteiger partial charge in [-0.25, -0.2) is 17.8 Å². The Morgan fingerprint density at radius 2 is 1.90 bits per heavy atom. The molecule has 2 heterocycles. The number of hydrogen-bond donors (Lipinski definition) is 1. The van der Waals surface area contributed by atoms with Crippen molar-refractivity contribution in [3.63, 3.8) is 0 Å². The summed E-state index contributed by atoms with van der Waals surface area (Å²) in [6, 6.07) is 4.52. The van der Waals surface area contributed by atoms with Gasteiger partial charge in [-0.15, -0.1) is 0 Å². The van der Waals surface area contributed by atoms with Crippen molar-refractivity contribution in [1.29, 1.82) is 0 Å². The molecule has 3 aromatic rings. The Labute approximate surface area is 177 Å². The molecule has 0 aliphatic carbocycles. The number of rotatable bonds is 5. The van der Waals surface area contributed by atoms with Crippen molar-refractivity contribution in [2.45, 2.75) is 19.5 Å². The highest BCUT2D eigenvalue weighted by Gasteiger charge is 2.35. The standard InChI is InChI=1S/C17H15F3N4O5S2/c1-3-31(28,29)22-14(25)7-11-10-6-9(4-5-12(10)30-21-11)24-15(26)8-13(17(18,19)20)23(2)16(24)27/h4-6,8H,3,7H2,1-2H3,(H,22,25). The smallest absolute Gasteiger partial charge is 0.292 e. The zero-order chi connectivity index (χ0) is 23.1. The third-order valence-electron chi connectivity index (χ3n) is 4.37. The van der Waals surface area contributed by atoms with Crippen molar-refractivity contribution in [1.82, 2.24) is 18.2 Å². The number of carbonyl (C=O) groups excluding carboxylic acids is 1. The average molecular weight is 476 g/mol. The van der Waals surface area contributed by atoms with Gasteiger partial charge in [0.25, 0.3) is 5.56 Å². The minimum atomic E-state index is -4.88. The van der Waals surface area contributed by atoms with Gasteiger partial charge in [0, 0.05) is 18.5 Å². The second-order valence-corrected chi connectivity index (χ2v) is 9.27. The van der Waals surface area contributed by atoms with Gasteiger partial charge in [-0.2, -0.15) is 17.5 Å². The molecular weight excluding hydrogens is 461 g/mol. The molecule has 1 aromatic carbocycles. The van der Waals surface area contributed by atoms with Crippen LogP contribution in [-0.4, -0.2) is 33.6 Å². The van der Waals surface area contributed by atoms with Crippen LogP contribution in [-0.2, 0) is 34.5 Å². The van der Waals surface area contributed by atoms with E-state index in [2.05, 4.69) is 4.37 Å². The van der Waals surface area contributed by atoms with E-state index in [1.807, 2.05) is 4.72 Å². The van der Waals surface area contributed by atoms with Gasteiger partial charge in [0.15, 0.2) is 0 Å². The lowest BCUT2D eigenvalue weighted by molar-refractivity contribution is -0.144. The maximum Gasteiger partial charge on any atom is 0.431 e. The Kier molecular flexibility index (Phi) is 5.80. The quantitative estimate of drug-likeness (QED) is 0.590. The van der Waals surface area contributed by atoms with Gasteiger partial charge in [0.1, 0.15) is 5.69 Å². The fourth-order valence-electron chi connectivity index (χ4n) is 2.81. The van der Waals surface area contributed by atoms with Crippen LogP contribution in [0.5, 0.6) is 0 Å². The summed E-state index contributed by atoms with van der Waals surface area (Å²) in [6.45, 7) is 1.36. The molecule has 9 nitrogen and oxygen atoms in total. The molecule has 0 radical (unpaired) electrons. The minimum absolute atomic E-state index is 0.0186. The molecule has 31 heavy (non-hydrogen) atoms. The molecule has 0 unspecified atom stereocenters. The molecule has 0 aliphatic heterocycles. The number of sulfonamides is 1. The highest BCUT2D eigenvalue weighted by atomic mass is 32.2. The maximum absolute atomic E-state index is 13.0. The lowest BCUT2D eigenvalue weighted by Gasteiger charge is -2.14. The van der Waals surface area contributed by atoms with Crippen molar-refractivity contribution in [2.75, 3.05) is 5.75 Å². The summed E-state index contributed by atoms with van der Waals surface area (Å²) in [4.78, 5) is 36.8. The fraction of sp³-hybridized carbons (Fsp3) is 0.294. The van der Waals surface area contributed by atoms with Crippen molar-refractivity contribution in [3.8, 4) is 5.69 Å². The molecule has 166 valence electrons. The summed E-state index contributed by atoms with van der Waals surface area (Å²) in [5, 5.41) is 0.361. The Hall–Kier alpha value is -3.00. The zero-order valence-corrected chi connectivity index (χ0v) is 17.7. The molecule has 1 N–H and O–H groups in total. The fourth-order valence-corrected chi connectivity index (χ4v) is 4.15. The lowest BCUT2D eigenvalue weighted by atomic mass is 10.1. The van der Waals surface area contributed by atoms with Gasteiger partial charge in [0.2, 0.25) is 15.9 Å². The molecule has 0 bridgehead atoms. The van der Waals surface area contributed by atoms with Crippen molar-refractivity contribution >= 4 is 37.5 Å². The van der Waals surface area contributed by atoms with Crippen molar-refractivity contribution < 1.29 is 26.4 Å². The minimum Gasteiger partial charge on any atom is -0.292 e. The third-order valence-corrected chi connectivity index (χ3v) is 6.54. The molecule has 14 heteroatoms. The van der Waals surface area contributed by atoms with Crippen LogP contribution in [0.3, 0.4) is 0 Å². The number of aromatic nitrogens is 3. The second-order valence-electron chi connectivity index (χ2n) is 6.46. The molecule has 0 atom stereocenters. The van der Waals surface area contributed by atoms with Gasteiger partial charge in [0.05, 0.1) is 28.3 Å². The predicted octanol–water partition coefficient (Wildman–Crippen LogP) is 1.17. The third kappa shape index (κ3) is 4.54. The Bertz CT molecular complexity index is 1400. The van der Waals surface area contributed by atoms with Crippen LogP contribution in [0.4, 0.5) is 13.2 Å². The summed E-state index contributed by atoms with van der Waals surface area (Å²) in [5.41, 5.74) is -3.58. The largest absolute Gasteiger partial charge is 0.431 e. The summed E-state index contributed by atoms with van der Waals surface area (Å²) < 4.78 is 69.6. The Morgan fingerprint density at radius 1 is 1.23 bits per heavy atom. The van der Waals surface area contributed by atoms with E-state index >= 15 is 0 Å².